The van der Waals surface area contributed by atoms with Crippen LogP contribution in [-0.4, -0.2) is 17.4 Å². The summed E-state index contributed by atoms with van der Waals surface area (Å²) in [6.07, 6.45) is 5.48. The lowest BCUT2D eigenvalue weighted by Gasteiger charge is -2.21. The molecule has 1 fully saturated rings. The highest BCUT2D eigenvalue weighted by atomic mass is 79.9. The summed E-state index contributed by atoms with van der Waals surface area (Å²) in [6, 6.07) is 0. The van der Waals surface area contributed by atoms with Gasteiger partial charge in [-0.05, 0) is 25.2 Å². The monoisotopic (exact) mass is 244 g/mol. The van der Waals surface area contributed by atoms with Crippen molar-refractivity contribution in [2.45, 2.75) is 18.2 Å². The van der Waals surface area contributed by atoms with Gasteiger partial charge in [0.2, 0.25) is 0 Å². The predicted molar refractivity (Wildman–Crippen MR) is 53.6 cm³/mol. The molecule has 13 heavy (non-hydrogen) atoms. The van der Waals surface area contributed by atoms with Crippen LogP contribution in [0.5, 0.6) is 0 Å². The molecule has 3 heteroatoms. The Kier molecular flexibility index (Phi) is 2.45. The van der Waals surface area contributed by atoms with Gasteiger partial charge in [0.15, 0.2) is 0 Å². The molecule has 2 aliphatic carbocycles. The Labute approximate surface area is 86.5 Å². The Balaban J connectivity index is 2.08. The molecule has 0 N–H and O–H groups in total. The van der Waals surface area contributed by atoms with Crippen LogP contribution in [0.25, 0.3) is 0 Å². The zero-order valence-corrected chi connectivity index (χ0v) is 9.16. The topological polar surface area (TPSA) is 26.3 Å². The Morgan fingerprint density at radius 1 is 1.54 bits per heavy atom. The largest absolute Gasteiger partial charge is 0.466 e. The van der Waals surface area contributed by atoms with E-state index in [2.05, 4.69) is 28.1 Å². The smallest absolute Gasteiger partial charge is 0.310 e. The maximum absolute atomic E-state index is 11.6. The Bertz CT molecular complexity index is 249. The van der Waals surface area contributed by atoms with Crippen LogP contribution in [-0.2, 0) is 9.53 Å². The van der Waals surface area contributed by atoms with E-state index in [1.165, 1.54) is 0 Å². The van der Waals surface area contributed by atoms with Crippen LogP contribution in [0.2, 0.25) is 0 Å². The van der Waals surface area contributed by atoms with Gasteiger partial charge in [-0.2, -0.15) is 0 Å². The van der Waals surface area contributed by atoms with Gasteiger partial charge < -0.3 is 4.74 Å². The summed E-state index contributed by atoms with van der Waals surface area (Å²) in [5.74, 6) is 0.962. The number of allylic oxidation sites excluding steroid dienone is 2. The number of esters is 1. The minimum Gasteiger partial charge on any atom is -0.466 e. The number of rotatable bonds is 2. The molecule has 0 saturated heterocycles. The molecule has 0 aromatic carbocycles. The van der Waals surface area contributed by atoms with Crippen molar-refractivity contribution in [1.82, 2.24) is 0 Å². The van der Waals surface area contributed by atoms with Crippen molar-refractivity contribution < 1.29 is 9.53 Å². The summed E-state index contributed by atoms with van der Waals surface area (Å²) < 4.78 is 5.05. The summed E-state index contributed by atoms with van der Waals surface area (Å²) in [5.41, 5.74) is 0. The third-order valence-corrected chi connectivity index (χ3v) is 4.17. The molecule has 72 valence electrons. The van der Waals surface area contributed by atoms with E-state index >= 15 is 0 Å². The number of ether oxygens (including phenoxy) is 1. The van der Waals surface area contributed by atoms with Crippen LogP contribution in [0.4, 0.5) is 0 Å². The first-order valence-electron chi connectivity index (χ1n) is 4.73. The Morgan fingerprint density at radius 2 is 2.23 bits per heavy atom. The lowest BCUT2D eigenvalue weighted by molar-refractivity contribution is -0.148. The van der Waals surface area contributed by atoms with Gasteiger partial charge in [0.25, 0.3) is 0 Å². The third-order valence-electron chi connectivity index (χ3n) is 2.92. The molecular weight excluding hydrogens is 232 g/mol. The van der Waals surface area contributed by atoms with Gasteiger partial charge >= 0.3 is 5.97 Å². The van der Waals surface area contributed by atoms with Crippen molar-refractivity contribution in [2.75, 3.05) is 6.61 Å². The fourth-order valence-corrected chi connectivity index (χ4v) is 3.30. The van der Waals surface area contributed by atoms with Gasteiger partial charge in [-0.3, -0.25) is 4.79 Å². The van der Waals surface area contributed by atoms with Crippen molar-refractivity contribution >= 4 is 21.9 Å². The van der Waals surface area contributed by atoms with E-state index < -0.39 is 0 Å². The summed E-state index contributed by atoms with van der Waals surface area (Å²) in [7, 11) is 0. The molecule has 2 rings (SSSR count). The van der Waals surface area contributed by atoms with Gasteiger partial charge in [0.05, 0.1) is 12.5 Å². The first-order valence-corrected chi connectivity index (χ1v) is 5.64. The lowest BCUT2D eigenvalue weighted by atomic mass is 9.94. The molecule has 0 aromatic heterocycles. The van der Waals surface area contributed by atoms with E-state index in [1.807, 2.05) is 6.92 Å². The Hall–Kier alpha value is -0.310. The second-order valence-corrected chi connectivity index (χ2v) is 4.73. The second kappa shape index (κ2) is 3.45. The van der Waals surface area contributed by atoms with Crippen molar-refractivity contribution in [3.05, 3.63) is 12.2 Å². The number of carbonyl (C=O) groups excluding carboxylic acids is 1. The third kappa shape index (κ3) is 1.43. The molecule has 0 unspecified atom stereocenters. The highest BCUT2D eigenvalue weighted by Gasteiger charge is 2.47. The van der Waals surface area contributed by atoms with Gasteiger partial charge in [-0.15, -0.1) is 0 Å². The van der Waals surface area contributed by atoms with Crippen LogP contribution < -0.4 is 0 Å². The molecule has 2 bridgehead atoms. The highest BCUT2D eigenvalue weighted by molar-refractivity contribution is 9.09. The van der Waals surface area contributed by atoms with Crippen LogP contribution in [0.3, 0.4) is 0 Å². The fraction of sp³-hybridized carbons (Fsp3) is 0.700. The predicted octanol–water partition coefficient (Wildman–Crippen LogP) is 2.14. The maximum atomic E-state index is 11.6. The summed E-state index contributed by atoms with van der Waals surface area (Å²) in [4.78, 5) is 11.9. The van der Waals surface area contributed by atoms with Crippen molar-refractivity contribution in [2.24, 2.45) is 17.8 Å². The van der Waals surface area contributed by atoms with Gasteiger partial charge in [0, 0.05) is 4.83 Å². The Morgan fingerprint density at radius 3 is 2.77 bits per heavy atom. The molecule has 0 radical (unpaired) electrons. The van der Waals surface area contributed by atoms with E-state index in [9.17, 15) is 4.79 Å². The molecule has 0 heterocycles. The van der Waals surface area contributed by atoms with E-state index in [-0.39, 0.29) is 11.9 Å². The van der Waals surface area contributed by atoms with Crippen LogP contribution in [0.1, 0.15) is 13.3 Å². The van der Waals surface area contributed by atoms with Crippen LogP contribution in [0.15, 0.2) is 12.2 Å². The molecule has 0 spiro atoms. The quantitative estimate of drug-likeness (QED) is 0.423. The summed E-state index contributed by atoms with van der Waals surface area (Å²) in [5, 5.41) is 0. The minimum atomic E-state index is -0.0405. The molecule has 2 nitrogen and oxygen atoms in total. The van der Waals surface area contributed by atoms with Crippen LogP contribution >= 0.6 is 15.9 Å². The van der Waals surface area contributed by atoms with E-state index in [1.54, 1.807) is 0 Å². The van der Waals surface area contributed by atoms with Crippen molar-refractivity contribution in [3.63, 3.8) is 0 Å². The highest BCUT2D eigenvalue weighted by Crippen LogP contribution is 2.47. The number of alkyl halides is 1. The zero-order chi connectivity index (χ0) is 9.42. The number of halogens is 1. The van der Waals surface area contributed by atoms with E-state index in [4.69, 9.17) is 4.74 Å². The van der Waals surface area contributed by atoms with Gasteiger partial charge in [0.1, 0.15) is 0 Å². The second-order valence-electron chi connectivity index (χ2n) is 3.67. The van der Waals surface area contributed by atoms with E-state index in [0.29, 0.717) is 23.3 Å². The number of fused-ring (bicyclic) bond motifs is 2. The van der Waals surface area contributed by atoms with Crippen molar-refractivity contribution in [1.29, 1.82) is 0 Å². The molecule has 0 aromatic rings. The lowest BCUT2D eigenvalue weighted by Crippen LogP contribution is -2.29. The molecule has 0 aliphatic heterocycles. The van der Waals surface area contributed by atoms with Crippen molar-refractivity contribution in [3.8, 4) is 0 Å². The van der Waals surface area contributed by atoms with Gasteiger partial charge in [-0.25, -0.2) is 0 Å². The standard InChI is InChI=1S/C10H13BrO2/c1-2-13-10(12)8-6-3-4-7(5-6)9(8)11/h3-4,6-9H,2,5H2,1H3/t6-,7+,8-,9+/m0/s1. The molecular formula is C10H13BrO2. The average molecular weight is 245 g/mol. The zero-order valence-electron chi connectivity index (χ0n) is 7.57. The number of hydrogen-bond acceptors (Lipinski definition) is 2. The summed E-state index contributed by atoms with van der Waals surface area (Å²) >= 11 is 3.58. The van der Waals surface area contributed by atoms with Crippen LogP contribution in [0, 0.1) is 17.8 Å². The fourth-order valence-electron chi connectivity index (χ4n) is 2.31. The number of hydrogen-bond donors (Lipinski definition) is 0. The van der Waals surface area contributed by atoms with E-state index in [0.717, 1.165) is 6.42 Å². The molecule has 0 amide bonds. The molecule has 4 atom stereocenters. The maximum Gasteiger partial charge on any atom is 0.310 e. The first kappa shape index (κ1) is 9.25. The minimum absolute atomic E-state index is 0.0405. The first-order chi connectivity index (χ1) is 6.24. The average Bonchev–Trinajstić information content (AvgIpc) is 2.63. The van der Waals surface area contributed by atoms with Gasteiger partial charge in [-0.1, -0.05) is 28.1 Å². The molecule has 2 aliphatic rings. The SMILES string of the molecule is CCOC(=O)[C@@H]1[C@H](Br)[C@@H]2C=C[C@H]1C2. The molecule has 1 saturated carbocycles. The number of carbonyl (C=O) groups is 1. The normalized spacial score (nSPS) is 41.1. The summed E-state index contributed by atoms with van der Waals surface area (Å²) in [6.45, 7) is 2.33.